The first-order valence-corrected chi connectivity index (χ1v) is 6.29. The van der Waals surface area contributed by atoms with Crippen molar-refractivity contribution in [3.63, 3.8) is 0 Å². The summed E-state index contributed by atoms with van der Waals surface area (Å²) in [6, 6.07) is 3.73. The standard InChI is InChI=1S/C12H14BrN5/c1-12(2,3)10-16-9(17-11(14)18-10)8-5-4-7(13)6-15-8/h4-6H,1-3H3,(H2,14,16,17,18). The third-order valence-electron chi connectivity index (χ3n) is 2.28. The Bertz CT molecular complexity index is 560. The number of anilines is 1. The van der Waals surface area contributed by atoms with Crippen LogP contribution in [0.2, 0.25) is 0 Å². The molecule has 0 atom stereocenters. The molecule has 94 valence electrons. The van der Waals surface area contributed by atoms with Crippen molar-refractivity contribution >= 4 is 21.9 Å². The van der Waals surface area contributed by atoms with Crippen LogP contribution in [0.5, 0.6) is 0 Å². The van der Waals surface area contributed by atoms with E-state index in [1.807, 2.05) is 32.9 Å². The summed E-state index contributed by atoms with van der Waals surface area (Å²) in [6.07, 6.45) is 1.70. The number of nitrogens with two attached hydrogens (primary N) is 1. The van der Waals surface area contributed by atoms with Gasteiger partial charge in [-0.2, -0.15) is 9.97 Å². The predicted molar refractivity (Wildman–Crippen MR) is 73.9 cm³/mol. The predicted octanol–water partition coefficient (Wildman–Crippen LogP) is 2.58. The third-order valence-corrected chi connectivity index (χ3v) is 2.75. The highest BCUT2D eigenvalue weighted by molar-refractivity contribution is 9.10. The summed E-state index contributed by atoms with van der Waals surface area (Å²) in [5.41, 5.74) is 6.22. The Kier molecular flexibility index (Phi) is 3.30. The Labute approximate surface area is 114 Å². The molecule has 0 aliphatic rings. The van der Waals surface area contributed by atoms with Gasteiger partial charge in [0.2, 0.25) is 5.95 Å². The lowest BCUT2D eigenvalue weighted by Crippen LogP contribution is -2.18. The Morgan fingerprint density at radius 1 is 1.11 bits per heavy atom. The SMILES string of the molecule is CC(C)(C)c1nc(N)nc(-c2ccc(Br)cn2)n1. The number of halogens is 1. The fourth-order valence-electron chi connectivity index (χ4n) is 1.35. The largest absolute Gasteiger partial charge is 0.368 e. The maximum absolute atomic E-state index is 5.72. The molecule has 0 fully saturated rings. The molecule has 5 nitrogen and oxygen atoms in total. The van der Waals surface area contributed by atoms with E-state index in [0.717, 1.165) is 4.47 Å². The van der Waals surface area contributed by atoms with Gasteiger partial charge >= 0.3 is 0 Å². The van der Waals surface area contributed by atoms with E-state index >= 15 is 0 Å². The Morgan fingerprint density at radius 3 is 2.39 bits per heavy atom. The quantitative estimate of drug-likeness (QED) is 0.876. The molecular weight excluding hydrogens is 294 g/mol. The van der Waals surface area contributed by atoms with Crippen LogP contribution < -0.4 is 5.73 Å². The van der Waals surface area contributed by atoms with Gasteiger partial charge in [0.15, 0.2) is 5.82 Å². The summed E-state index contributed by atoms with van der Waals surface area (Å²) in [4.78, 5) is 17.0. The molecule has 2 aromatic heterocycles. The van der Waals surface area contributed by atoms with Gasteiger partial charge in [-0.1, -0.05) is 20.8 Å². The number of nitrogens with zero attached hydrogens (tertiary/aromatic N) is 4. The van der Waals surface area contributed by atoms with Crippen LogP contribution in [-0.2, 0) is 5.41 Å². The lowest BCUT2D eigenvalue weighted by Gasteiger charge is -2.16. The normalized spacial score (nSPS) is 11.6. The lowest BCUT2D eigenvalue weighted by atomic mass is 9.96. The zero-order valence-electron chi connectivity index (χ0n) is 10.5. The van der Waals surface area contributed by atoms with Crippen molar-refractivity contribution in [1.82, 2.24) is 19.9 Å². The molecular formula is C12H14BrN5. The summed E-state index contributed by atoms with van der Waals surface area (Å²) in [5, 5.41) is 0. The Morgan fingerprint density at radius 2 is 1.83 bits per heavy atom. The van der Waals surface area contributed by atoms with E-state index in [9.17, 15) is 0 Å². The average molecular weight is 308 g/mol. The van der Waals surface area contributed by atoms with Crippen LogP contribution in [0.15, 0.2) is 22.8 Å². The van der Waals surface area contributed by atoms with Gasteiger partial charge in [-0.25, -0.2) is 4.98 Å². The summed E-state index contributed by atoms with van der Waals surface area (Å²) in [6.45, 7) is 6.09. The van der Waals surface area contributed by atoms with E-state index in [2.05, 4.69) is 35.9 Å². The third kappa shape index (κ3) is 2.81. The van der Waals surface area contributed by atoms with Crippen LogP contribution >= 0.6 is 15.9 Å². The molecule has 0 bridgehead atoms. The smallest absolute Gasteiger partial charge is 0.223 e. The molecule has 0 saturated heterocycles. The molecule has 2 aromatic rings. The number of hydrogen-bond donors (Lipinski definition) is 1. The maximum atomic E-state index is 5.72. The summed E-state index contributed by atoms with van der Waals surface area (Å²) in [7, 11) is 0. The summed E-state index contributed by atoms with van der Waals surface area (Å²) in [5.74, 6) is 1.38. The maximum Gasteiger partial charge on any atom is 0.223 e. The van der Waals surface area contributed by atoms with E-state index in [4.69, 9.17) is 5.73 Å². The molecule has 6 heteroatoms. The van der Waals surface area contributed by atoms with Gasteiger partial charge in [-0.15, -0.1) is 0 Å². The van der Waals surface area contributed by atoms with Crippen molar-refractivity contribution in [2.24, 2.45) is 0 Å². The van der Waals surface area contributed by atoms with Crippen molar-refractivity contribution in [3.8, 4) is 11.5 Å². The first-order valence-electron chi connectivity index (χ1n) is 5.50. The summed E-state index contributed by atoms with van der Waals surface area (Å²) < 4.78 is 0.907. The molecule has 2 rings (SSSR count). The highest BCUT2D eigenvalue weighted by Gasteiger charge is 2.20. The van der Waals surface area contributed by atoms with Crippen LogP contribution in [0.3, 0.4) is 0 Å². The van der Waals surface area contributed by atoms with Crippen LogP contribution in [0.1, 0.15) is 26.6 Å². The minimum atomic E-state index is -0.179. The van der Waals surface area contributed by atoms with Crippen LogP contribution in [-0.4, -0.2) is 19.9 Å². The molecule has 0 saturated carbocycles. The second kappa shape index (κ2) is 4.61. The molecule has 0 spiro atoms. The second-order valence-electron chi connectivity index (χ2n) is 4.95. The Hall–Kier alpha value is -1.56. The topological polar surface area (TPSA) is 77.6 Å². The van der Waals surface area contributed by atoms with Gasteiger partial charge < -0.3 is 5.73 Å². The molecule has 2 heterocycles. The van der Waals surface area contributed by atoms with Gasteiger partial charge in [0.1, 0.15) is 11.5 Å². The van der Waals surface area contributed by atoms with Gasteiger partial charge in [-0.3, -0.25) is 4.98 Å². The number of rotatable bonds is 1. The van der Waals surface area contributed by atoms with Crippen LogP contribution in [0.25, 0.3) is 11.5 Å². The fraction of sp³-hybridized carbons (Fsp3) is 0.333. The van der Waals surface area contributed by atoms with Gasteiger partial charge in [0, 0.05) is 16.1 Å². The van der Waals surface area contributed by atoms with Gasteiger partial charge in [-0.05, 0) is 28.1 Å². The molecule has 0 amide bonds. The van der Waals surface area contributed by atoms with E-state index in [-0.39, 0.29) is 11.4 Å². The minimum Gasteiger partial charge on any atom is -0.368 e. The van der Waals surface area contributed by atoms with Gasteiger partial charge in [0.25, 0.3) is 0 Å². The first-order chi connectivity index (χ1) is 8.36. The number of nitrogen functional groups attached to an aromatic ring is 1. The minimum absolute atomic E-state index is 0.179. The van der Waals surface area contributed by atoms with Gasteiger partial charge in [0.05, 0.1) is 0 Å². The first kappa shape index (κ1) is 12.9. The van der Waals surface area contributed by atoms with Crippen LogP contribution in [0.4, 0.5) is 5.95 Å². The monoisotopic (exact) mass is 307 g/mol. The highest BCUT2D eigenvalue weighted by Crippen LogP contribution is 2.22. The molecule has 18 heavy (non-hydrogen) atoms. The molecule has 0 aliphatic carbocycles. The van der Waals surface area contributed by atoms with E-state index < -0.39 is 0 Å². The van der Waals surface area contributed by atoms with Crippen molar-refractivity contribution in [2.75, 3.05) is 5.73 Å². The Balaban J connectivity index is 2.52. The van der Waals surface area contributed by atoms with E-state index in [0.29, 0.717) is 17.3 Å². The average Bonchev–Trinajstić information content (AvgIpc) is 2.28. The fourth-order valence-corrected chi connectivity index (χ4v) is 1.58. The number of pyridine rings is 1. The zero-order valence-corrected chi connectivity index (χ0v) is 12.1. The van der Waals surface area contributed by atoms with Crippen molar-refractivity contribution in [3.05, 3.63) is 28.6 Å². The van der Waals surface area contributed by atoms with E-state index in [1.165, 1.54) is 0 Å². The molecule has 2 N–H and O–H groups in total. The van der Waals surface area contributed by atoms with Crippen molar-refractivity contribution in [1.29, 1.82) is 0 Å². The van der Waals surface area contributed by atoms with Crippen LogP contribution in [0, 0.1) is 0 Å². The molecule has 0 aliphatic heterocycles. The number of hydrogen-bond acceptors (Lipinski definition) is 5. The van der Waals surface area contributed by atoms with Crippen molar-refractivity contribution < 1.29 is 0 Å². The highest BCUT2D eigenvalue weighted by atomic mass is 79.9. The lowest BCUT2D eigenvalue weighted by molar-refractivity contribution is 0.544. The molecule has 0 aromatic carbocycles. The van der Waals surface area contributed by atoms with E-state index in [1.54, 1.807) is 6.20 Å². The van der Waals surface area contributed by atoms with Crippen molar-refractivity contribution in [2.45, 2.75) is 26.2 Å². The molecule has 0 unspecified atom stereocenters. The summed E-state index contributed by atoms with van der Waals surface area (Å²) >= 11 is 3.34. The number of aromatic nitrogens is 4. The molecule has 0 radical (unpaired) electrons. The zero-order chi connectivity index (χ0) is 13.3. The second-order valence-corrected chi connectivity index (χ2v) is 5.87.